The molecule has 1 aromatic rings. The summed E-state index contributed by atoms with van der Waals surface area (Å²) in [6.07, 6.45) is 1.37. The van der Waals surface area contributed by atoms with Gasteiger partial charge in [-0.1, -0.05) is 22.0 Å². The smallest absolute Gasteiger partial charge is 0.344 e. The van der Waals surface area contributed by atoms with Crippen LogP contribution in [0.3, 0.4) is 0 Å². The maximum Gasteiger partial charge on any atom is 0.344 e. The quantitative estimate of drug-likeness (QED) is 0.292. The van der Waals surface area contributed by atoms with E-state index in [1.165, 1.54) is 26.2 Å². The van der Waals surface area contributed by atoms with Gasteiger partial charge < -0.3 is 9.47 Å². The van der Waals surface area contributed by atoms with Crippen LogP contribution in [-0.4, -0.2) is 30.6 Å². The Morgan fingerprint density at radius 1 is 1.17 bits per heavy atom. The highest BCUT2D eigenvalue weighted by molar-refractivity contribution is 9.10. The predicted molar refractivity (Wildman–Crippen MR) is 114 cm³/mol. The van der Waals surface area contributed by atoms with E-state index in [0.717, 1.165) is 4.47 Å². The zero-order chi connectivity index (χ0) is 22.9. The summed E-state index contributed by atoms with van der Waals surface area (Å²) in [5, 5.41) is 0. The Hall–Kier alpha value is -2.12. The molecule has 0 aliphatic heterocycles. The van der Waals surface area contributed by atoms with E-state index < -0.39 is 40.3 Å². The number of ketones is 1. The van der Waals surface area contributed by atoms with Gasteiger partial charge in [0.05, 0.1) is 0 Å². The summed E-state index contributed by atoms with van der Waals surface area (Å²) in [6.45, 7) is 7.80. The Bertz CT molecular complexity index is 939. The van der Waals surface area contributed by atoms with E-state index in [9.17, 15) is 9.59 Å². The maximum absolute atomic E-state index is 15.2. The average molecular weight is 483 g/mol. The summed E-state index contributed by atoms with van der Waals surface area (Å²) >= 11 is 3.30. The molecular formula is C23H25BrF2O4. The minimum Gasteiger partial charge on any atom is -0.456 e. The monoisotopic (exact) mass is 482 g/mol. The standard InChI is InChI=1S/C23H25BrF2O4/c1-13-18(25)17(21(28)30-22(2,3)4)19(26)20(29-6)23(13,5)12-11-16(27)14-7-9-15(24)10-8-14/h7-12,20H,1-6H3. The van der Waals surface area contributed by atoms with Crippen LogP contribution in [0.5, 0.6) is 0 Å². The number of allylic oxidation sites excluding steroid dienone is 1. The van der Waals surface area contributed by atoms with E-state index in [2.05, 4.69) is 15.9 Å². The third-order valence-corrected chi connectivity index (χ3v) is 5.45. The molecule has 2 rings (SSSR count). The summed E-state index contributed by atoms with van der Waals surface area (Å²) in [5.74, 6) is -3.51. The number of carbonyl (C=O) groups is 2. The van der Waals surface area contributed by atoms with Gasteiger partial charge in [0.2, 0.25) is 0 Å². The molecule has 0 saturated heterocycles. The fourth-order valence-electron chi connectivity index (χ4n) is 3.16. The molecule has 0 amide bonds. The Morgan fingerprint density at radius 3 is 2.23 bits per heavy atom. The highest BCUT2D eigenvalue weighted by atomic mass is 79.9. The number of methoxy groups -OCH3 is 1. The lowest BCUT2D eigenvalue weighted by Gasteiger charge is -2.38. The Balaban J connectivity index is 2.45. The number of hydrogen-bond donors (Lipinski definition) is 0. The summed E-state index contributed by atoms with van der Waals surface area (Å²) in [7, 11) is 1.26. The third kappa shape index (κ3) is 4.95. The summed E-state index contributed by atoms with van der Waals surface area (Å²) in [4.78, 5) is 24.9. The first-order valence-corrected chi connectivity index (χ1v) is 10.1. The van der Waals surface area contributed by atoms with Gasteiger partial charge in [0.1, 0.15) is 28.9 Å². The van der Waals surface area contributed by atoms with E-state index in [0.29, 0.717) is 5.56 Å². The number of halogens is 3. The second-order valence-corrected chi connectivity index (χ2v) is 9.18. The third-order valence-electron chi connectivity index (χ3n) is 4.92. The molecule has 162 valence electrons. The molecule has 0 N–H and O–H groups in total. The Labute approximate surface area is 183 Å². The van der Waals surface area contributed by atoms with Crippen molar-refractivity contribution in [3.63, 3.8) is 0 Å². The van der Waals surface area contributed by atoms with Crippen LogP contribution in [0.25, 0.3) is 0 Å². The van der Waals surface area contributed by atoms with Gasteiger partial charge in [-0.3, -0.25) is 4.79 Å². The first kappa shape index (κ1) is 24.2. The van der Waals surface area contributed by atoms with Crippen LogP contribution in [0, 0.1) is 5.41 Å². The summed E-state index contributed by atoms with van der Waals surface area (Å²) < 4.78 is 41.6. The maximum atomic E-state index is 15.2. The van der Waals surface area contributed by atoms with Crippen molar-refractivity contribution in [3.05, 3.63) is 69.3 Å². The van der Waals surface area contributed by atoms with Gasteiger partial charge in [-0.05, 0) is 70.5 Å². The predicted octanol–water partition coefficient (Wildman–Crippen LogP) is 6.03. The minimum atomic E-state index is -1.32. The van der Waals surface area contributed by atoms with E-state index >= 15 is 8.78 Å². The molecular weight excluding hydrogens is 458 g/mol. The van der Waals surface area contributed by atoms with Gasteiger partial charge in [-0.15, -0.1) is 0 Å². The van der Waals surface area contributed by atoms with Crippen LogP contribution in [0.2, 0.25) is 0 Å². The number of ether oxygens (including phenoxy) is 2. The molecule has 7 heteroatoms. The number of rotatable bonds is 5. The van der Waals surface area contributed by atoms with Crippen molar-refractivity contribution in [2.45, 2.75) is 46.3 Å². The van der Waals surface area contributed by atoms with Crippen LogP contribution in [0.1, 0.15) is 45.0 Å². The number of benzene rings is 1. The van der Waals surface area contributed by atoms with Crippen LogP contribution < -0.4 is 0 Å². The largest absolute Gasteiger partial charge is 0.456 e. The number of hydrogen-bond acceptors (Lipinski definition) is 4. The van der Waals surface area contributed by atoms with Crippen molar-refractivity contribution in [3.8, 4) is 0 Å². The summed E-state index contributed by atoms with van der Waals surface area (Å²) in [5.41, 5.74) is -2.52. The molecule has 1 aliphatic rings. The molecule has 0 saturated carbocycles. The van der Waals surface area contributed by atoms with Crippen molar-refractivity contribution < 1.29 is 27.8 Å². The Kier molecular flexibility index (Phi) is 7.20. The molecule has 0 bridgehead atoms. The second-order valence-electron chi connectivity index (χ2n) is 8.27. The summed E-state index contributed by atoms with van der Waals surface area (Å²) in [6, 6.07) is 6.72. The number of carbonyl (C=O) groups excluding carboxylic acids is 2. The average Bonchev–Trinajstić information content (AvgIpc) is 2.64. The van der Waals surface area contributed by atoms with E-state index in [1.54, 1.807) is 52.0 Å². The molecule has 0 radical (unpaired) electrons. The van der Waals surface area contributed by atoms with Crippen molar-refractivity contribution >= 4 is 27.7 Å². The molecule has 1 aliphatic carbocycles. The van der Waals surface area contributed by atoms with Crippen LogP contribution in [-0.2, 0) is 14.3 Å². The SMILES string of the molecule is COC1C(F)=C(C(=O)OC(C)(C)C)C(F)=C(C)C1(C)C=CC(=O)c1ccc(Br)cc1. The zero-order valence-corrected chi connectivity index (χ0v) is 19.4. The van der Waals surface area contributed by atoms with E-state index in [-0.39, 0.29) is 11.4 Å². The van der Waals surface area contributed by atoms with Crippen molar-refractivity contribution in [2.75, 3.05) is 7.11 Å². The topological polar surface area (TPSA) is 52.6 Å². The van der Waals surface area contributed by atoms with E-state index in [1.807, 2.05) is 0 Å². The molecule has 0 spiro atoms. The highest BCUT2D eigenvalue weighted by Crippen LogP contribution is 2.47. The lowest BCUT2D eigenvalue weighted by molar-refractivity contribution is -0.150. The highest BCUT2D eigenvalue weighted by Gasteiger charge is 2.47. The van der Waals surface area contributed by atoms with Gasteiger partial charge in [0.25, 0.3) is 0 Å². The van der Waals surface area contributed by atoms with E-state index in [4.69, 9.17) is 9.47 Å². The minimum absolute atomic E-state index is 0.0662. The van der Waals surface area contributed by atoms with Gasteiger partial charge in [-0.25, -0.2) is 13.6 Å². The first-order valence-electron chi connectivity index (χ1n) is 9.34. The first-order chi connectivity index (χ1) is 13.8. The van der Waals surface area contributed by atoms with Crippen LogP contribution in [0.15, 0.2) is 63.7 Å². The molecule has 2 unspecified atom stereocenters. The molecule has 1 aromatic carbocycles. The molecule has 0 fully saturated rings. The van der Waals surface area contributed by atoms with Gasteiger partial charge >= 0.3 is 5.97 Å². The molecule has 2 atom stereocenters. The second kappa shape index (κ2) is 8.94. The fourth-order valence-corrected chi connectivity index (χ4v) is 3.42. The zero-order valence-electron chi connectivity index (χ0n) is 17.8. The fraction of sp³-hybridized carbons (Fsp3) is 0.391. The van der Waals surface area contributed by atoms with Crippen molar-refractivity contribution in [1.29, 1.82) is 0 Å². The molecule has 30 heavy (non-hydrogen) atoms. The van der Waals surface area contributed by atoms with Crippen molar-refractivity contribution in [1.82, 2.24) is 0 Å². The van der Waals surface area contributed by atoms with Crippen molar-refractivity contribution in [2.24, 2.45) is 5.41 Å². The lowest BCUT2D eigenvalue weighted by atomic mass is 9.71. The van der Waals surface area contributed by atoms with Gasteiger partial charge in [0.15, 0.2) is 5.78 Å². The van der Waals surface area contributed by atoms with Crippen LogP contribution in [0.4, 0.5) is 8.78 Å². The molecule has 4 nitrogen and oxygen atoms in total. The lowest BCUT2D eigenvalue weighted by Crippen LogP contribution is -2.40. The molecule has 0 heterocycles. The number of esters is 1. The normalized spacial score (nSPS) is 22.6. The Morgan fingerprint density at radius 2 is 1.73 bits per heavy atom. The van der Waals surface area contributed by atoms with Gasteiger partial charge in [0, 0.05) is 22.6 Å². The van der Waals surface area contributed by atoms with Gasteiger partial charge in [-0.2, -0.15) is 0 Å². The molecule has 0 aromatic heterocycles. The van der Waals surface area contributed by atoms with Crippen LogP contribution >= 0.6 is 15.9 Å².